The summed E-state index contributed by atoms with van der Waals surface area (Å²) in [5, 5.41) is 0. The molecule has 0 spiro atoms. The molecule has 0 heterocycles. The fourth-order valence-corrected chi connectivity index (χ4v) is 2.01. The highest BCUT2D eigenvalue weighted by molar-refractivity contribution is 5.93. The van der Waals surface area contributed by atoms with Crippen LogP contribution in [0, 0.1) is 5.92 Å². The molecule has 0 bridgehead atoms. The molecule has 4 heteroatoms. The van der Waals surface area contributed by atoms with Crippen LogP contribution in [0.4, 0.5) is 5.69 Å². The molecule has 1 aromatic rings. The molecule has 0 saturated carbocycles. The molecule has 0 saturated heterocycles. The zero-order valence-electron chi connectivity index (χ0n) is 12.8. The highest BCUT2D eigenvalue weighted by Crippen LogP contribution is 2.12. The summed E-state index contributed by atoms with van der Waals surface area (Å²) in [4.78, 5) is 27.0. The van der Waals surface area contributed by atoms with Gasteiger partial charge in [0, 0.05) is 39.2 Å². The maximum Gasteiger partial charge on any atom is 0.228 e. The first-order valence-corrected chi connectivity index (χ1v) is 6.99. The first-order valence-electron chi connectivity index (χ1n) is 6.99. The summed E-state index contributed by atoms with van der Waals surface area (Å²) in [6.07, 6.45) is 0.345. The Bertz CT molecular complexity index is 443. The molecule has 0 radical (unpaired) electrons. The molecule has 20 heavy (non-hydrogen) atoms. The zero-order chi connectivity index (χ0) is 15.1. The molecule has 0 fully saturated rings. The minimum Gasteiger partial charge on any atom is -0.342 e. The number of amides is 2. The summed E-state index contributed by atoms with van der Waals surface area (Å²) < 4.78 is 0. The second-order valence-electron chi connectivity index (χ2n) is 5.40. The highest BCUT2D eigenvalue weighted by Gasteiger charge is 2.15. The molecule has 110 valence electrons. The molecular weight excluding hydrogens is 252 g/mol. The molecule has 0 aliphatic heterocycles. The summed E-state index contributed by atoms with van der Waals surface area (Å²) in [7, 11) is 1.76. The van der Waals surface area contributed by atoms with E-state index in [0.717, 1.165) is 5.69 Å². The van der Waals surface area contributed by atoms with Crippen molar-refractivity contribution in [3.05, 3.63) is 30.3 Å². The van der Waals surface area contributed by atoms with E-state index < -0.39 is 0 Å². The third-order valence-electron chi connectivity index (χ3n) is 3.14. The maximum atomic E-state index is 12.1. The van der Waals surface area contributed by atoms with Crippen LogP contribution in [0.15, 0.2) is 30.3 Å². The Morgan fingerprint density at radius 2 is 1.75 bits per heavy atom. The van der Waals surface area contributed by atoms with Gasteiger partial charge in [-0.05, 0) is 18.1 Å². The second kappa shape index (κ2) is 7.68. The van der Waals surface area contributed by atoms with Gasteiger partial charge >= 0.3 is 0 Å². The van der Waals surface area contributed by atoms with Gasteiger partial charge in [-0.3, -0.25) is 9.59 Å². The molecule has 0 unspecified atom stereocenters. The molecule has 0 atom stereocenters. The number of hydrogen-bond donors (Lipinski definition) is 0. The second-order valence-corrected chi connectivity index (χ2v) is 5.40. The van der Waals surface area contributed by atoms with E-state index >= 15 is 0 Å². The molecule has 1 aromatic carbocycles. The molecule has 0 N–H and O–H groups in total. The SMILES string of the molecule is CC(=O)N(CCC(=O)N(C)c1ccccc1)CC(C)C. The number of para-hydroxylation sites is 1. The maximum absolute atomic E-state index is 12.1. The lowest BCUT2D eigenvalue weighted by atomic mass is 10.2. The van der Waals surface area contributed by atoms with Crippen molar-refractivity contribution >= 4 is 17.5 Å². The average Bonchev–Trinajstić information content (AvgIpc) is 2.42. The predicted molar refractivity (Wildman–Crippen MR) is 81.6 cm³/mol. The Balaban J connectivity index is 2.55. The minimum atomic E-state index is 0.0196. The topological polar surface area (TPSA) is 40.6 Å². The van der Waals surface area contributed by atoms with Crippen molar-refractivity contribution in [3.63, 3.8) is 0 Å². The lowest BCUT2D eigenvalue weighted by molar-refractivity contribution is -0.130. The summed E-state index contributed by atoms with van der Waals surface area (Å²) >= 11 is 0. The Morgan fingerprint density at radius 3 is 2.25 bits per heavy atom. The van der Waals surface area contributed by atoms with Crippen LogP contribution in [0.25, 0.3) is 0 Å². The predicted octanol–water partition coefficient (Wildman–Crippen LogP) is 2.54. The third kappa shape index (κ3) is 5.03. The number of carbonyl (C=O) groups is 2. The van der Waals surface area contributed by atoms with Gasteiger partial charge in [0.25, 0.3) is 0 Å². The summed E-state index contributed by atoms with van der Waals surface area (Å²) in [5.74, 6) is 0.445. The van der Waals surface area contributed by atoms with Gasteiger partial charge in [-0.1, -0.05) is 32.0 Å². The lowest BCUT2D eigenvalue weighted by Crippen LogP contribution is -2.36. The van der Waals surface area contributed by atoms with Crippen molar-refractivity contribution in [3.8, 4) is 0 Å². The van der Waals surface area contributed by atoms with E-state index in [0.29, 0.717) is 25.4 Å². The van der Waals surface area contributed by atoms with E-state index in [1.165, 1.54) is 0 Å². The summed E-state index contributed by atoms with van der Waals surface area (Å²) in [5.41, 5.74) is 0.871. The van der Waals surface area contributed by atoms with Gasteiger partial charge in [-0.25, -0.2) is 0 Å². The van der Waals surface area contributed by atoms with Crippen LogP contribution in [-0.4, -0.2) is 36.9 Å². The first-order chi connectivity index (χ1) is 9.41. The van der Waals surface area contributed by atoms with Gasteiger partial charge in [-0.2, -0.15) is 0 Å². The Hall–Kier alpha value is -1.84. The Morgan fingerprint density at radius 1 is 1.15 bits per heavy atom. The van der Waals surface area contributed by atoms with E-state index in [2.05, 4.69) is 13.8 Å². The molecule has 1 rings (SSSR count). The number of carbonyl (C=O) groups excluding carboxylic acids is 2. The van der Waals surface area contributed by atoms with E-state index in [1.54, 1.807) is 23.8 Å². The van der Waals surface area contributed by atoms with Gasteiger partial charge in [0.15, 0.2) is 0 Å². The number of hydrogen-bond acceptors (Lipinski definition) is 2. The Labute approximate surface area is 121 Å². The normalized spacial score (nSPS) is 10.4. The summed E-state index contributed by atoms with van der Waals surface area (Å²) in [6, 6.07) is 9.52. The molecule has 0 aromatic heterocycles. The van der Waals surface area contributed by atoms with E-state index in [1.807, 2.05) is 30.3 Å². The first kappa shape index (κ1) is 16.2. The van der Waals surface area contributed by atoms with Gasteiger partial charge in [-0.15, -0.1) is 0 Å². The van der Waals surface area contributed by atoms with Crippen molar-refractivity contribution < 1.29 is 9.59 Å². The van der Waals surface area contributed by atoms with Gasteiger partial charge in [0.1, 0.15) is 0 Å². The molecular formula is C16H24N2O2. The van der Waals surface area contributed by atoms with Crippen molar-refractivity contribution in [2.45, 2.75) is 27.2 Å². The molecule has 0 aliphatic carbocycles. The van der Waals surface area contributed by atoms with E-state index in [-0.39, 0.29) is 11.8 Å². The molecule has 0 aliphatic rings. The van der Waals surface area contributed by atoms with Crippen molar-refractivity contribution in [1.82, 2.24) is 4.90 Å². The fourth-order valence-electron chi connectivity index (χ4n) is 2.01. The van der Waals surface area contributed by atoms with Crippen LogP contribution in [0.3, 0.4) is 0 Å². The van der Waals surface area contributed by atoms with Gasteiger partial charge in [0.05, 0.1) is 0 Å². The monoisotopic (exact) mass is 276 g/mol. The van der Waals surface area contributed by atoms with Crippen LogP contribution in [0.1, 0.15) is 27.2 Å². The largest absolute Gasteiger partial charge is 0.342 e. The van der Waals surface area contributed by atoms with Crippen LogP contribution in [0.5, 0.6) is 0 Å². The smallest absolute Gasteiger partial charge is 0.228 e. The number of rotatable bonds is 6. The fraction of sp³-hybridized carbons (Fsp3) is 0.500. The van der Waals surface area contributed by atoms with Crippen LogP contribution in [0.2, 0.25) is 0 Å². The third-order valence-corrected chi connectivity index (χ3v) is 3.14. The zero-order valence-corrected chi connectivity index (χ0v) is 12.8. The standard InChI is InChI=1S/C16H24N2O2/c1-13(2)12-18(14(3)19)11-10-16(20)17(4)15-8-6-5-7-9-15/h5-9,13H,10-12H2,1-4H3. The van der Waals surface area contributed by atoms with Crippen LogP contribution >= 0.6 is 0 Å². The van der Waals surface area contributed by atoms with E-state index in [4.69, 9.17) is 0 Å². The number of benzene rings is 1. The lowest BCUT2D eigenvalue weighted by Gasteiger charge is -2.24. The number of anilines is 1. The van der Waals surface area contributed by atoms with Crippen molar-refractivity contribution in [1.29, 1.82) is 0 Å². The van der Waals surface area contributed by atoms with Crippen molar-refractivity contribution in [2.24, 2.45) is 5.92 Å². The minimum absolute atomic E-state index is 0.0196. The van der Waals surface area contributed by atoms with E-state index in [9.17, 15) is 9.59 Å². The highest BCUT2D eigenvalue weighted by atomic mass is 16.2. The molecule has 4 nitrogen and oxygen atoms in total. The van der Waals surface area contributed by atoms with Gasteiger partial charge in [0.2, 0.25) is 11.8 Å². The number of nitrogens with zero attached hydrogens (tertiary/aromatic N) is 2. The van der Waals surface area contributed by atoms with Gasteiger partial charge < -0.3 is 9.80 Å². The average molecular weight is 276 g/mol. The molecule has 2 amide bonds. The van der Waals surface area contributed by atoms with Crippen molar-refractivity contribution in [2.75, 3.05) is 25.0 Å². The van der Waals surface area contributed by atoms with Crippen LogP contribution in [-0.2, 0) is 9.59 Å². The quantitative estimate of drug-likeness (QED) is 0.801. The van der Waals surface area contributed by atoms with Crippen LogP contribution < -0.4 is 4.90 Å². The Kier molecular flexibility index (Phi) is 6.22. The summed E-state index contributed by atoms with van der Waals surface area (Å²) in [6.45, 7) is 6.84.